The number of aliphatic hydroxyl groups is 1. The van der Waals surface area contributed by atoms with E-state index in [0.717, 1.165) is 28.2 Å². The fourth-order valence-electron chi connectivity index (χ4n) is 1.76. The van der Waals surface area contributed by atoms with Crippen molar-refractivity contribution in [2.75, 3.05) is 6.79 Å². The van der Waals surface area contributed by atoms with Gasteiger partial charge in [0, 0.05) is 0 Å². The van der Waals surface area contributed by atoms with E-state index < -0.39 is 6.10 Å². The molecule has 76 valence electrons. The Hall–Kier alpha value is -1.22. The van der Waals surface area contributed by atoms with E-state index in [4.69, 9.17) is 9.47 Å². The highest BCUT2D eigenvalue weighted by Gasteiger charge is 2.21. The molecule has 3 nitrogen and oxygen atoms in total. The molecule has 0 radical (unpaired) electrons. The molecule has 1 aliphatic heterocycles. The van der Waals surface area contributed by atoms with Crippen LogP contribution in [0.3, 0.4) is 0 Å². The molecule has 3 heteroatoms. The van der Waals surface area contributed by atoms with Gasteiger partial charge >= 0.3 is 0 Å². The third kappa shape index (κ3) is 1.24. The Morgan fingerprint density at radius 1 is 1.29 bits per heavy atom. The van der Waals surface area contributed by atoms with Crippen molar-refractivity contribution >= 4 is 0 Å². The van der Waals surface area contributed by atoms with Gasteiger partial charge in [0.05, 0.1) is 6.10 Å². The fourth-order valence-corrected chi connectivity index (χ4v) is 1.76. The molecular formula is C11H14O3. The molecular weight excluding hydrogens is 180 g/mol. The number of aliphatic hydroxyl groups excluding tert-OH is 1. The third-order valence-electron chi connectivity index (χ3n) is 2.71. The van der Waals surface area contributed by atoms with Crippen LogP contribution in [0, 0.1) is 13.8 Å². The summed E-state index contributed by atoms with van der Waals surface area (Å²) in [6.45, 7) is 6.00. The molecule has 0 aliphatic carbocycles. The summed E-state index contributed by atoms with van der Waals surface area (Å²) in [5, 5.41) is 9.56. The van der Waals surface area contributed by atoms with Gasteiger partial charge in [-0.2, -0.15) is 0 Å². The largest absolute Gasteiger partial charge is 0.454 e. The van der Waals surface area contributed by atoms with E-state index in [1.165, 1.54) is 0 Å². The maximum atomic E-state index is 9.56. The summed E-state index contributed by atoms with van der Waals surface area (Å²) in [7, 11) is 0. The zero-order valence-electron chi connectivity index (χ0n) is 8.63. The number of fused-ring (bicyclic) bond motifs is 1. The second-order valence-electron chi connectivity index (χ2n) is 3.63. The van der Waals surface area contributed by atoms with Gasteiger partial charge in [0.1, 0.15) is 0 Å². The Labute approximate surface area is 83.3 Å². The van der Waals surface area contributed by atoms with E-state index in [1.54, 1.807) is 6.92 Å². The van der Waals surface area contributed by atoms with E-state index in [1.807, 2.05) is 19.9 Å². The van der Waals surface area contributed by atoms with E-state index in [9.17, 15) is 5.11 Å². The van der Waals surface area contributed by atoms with Crippen LogP contribution in [-0.2, 0) is 0 Å². The van der Waals surface area contributed by atoms with E-state index >= 15 is 0 Å². The first kappa shape index (κ1) is 9.34. The predicted octanol–water partition coefficient (Wildman–Crippen LogP) is 2.09. The lowest BCUT2D eigenvalue weighted by Gasteiger charge is -2.13. The molecule has 1 unspecified atom stereocenters. The Morgan fingerprint density at radius 2 is 2.00 bits per heavy atom. The van der Waals surface area contributed by atoms with E-state index in [0.29, 0.717) is 0 Å². The van der Waals surface area contributed by atoms with Crippen molar-refractivity contribution in [1.29, 1.82) is 0 Å². The van der Waals surface area contributed by atoms with Crippen molar-refractivity contribution in [3.63, 3.8) is 0 Å². The van der Waals surface area contributed by atoms with Gasteiger partial charge in [-0.1, -0.05) is 0 Å². The maximum Gasteiger partial charge on any atom is 0.231 e. The molecule has 0 saturated carbocycles. The summed E-state index contributed by atoms with van der Waals surface area (Å²) < 4.78 is 10.6. The van der Waals surface area contributed by atoms with Gasteiger partial charge in [0.15, 0.2) is 11.5 Å². The minimum atomic E-state index is -0.469. The van der Waals surface area contributed by atoms with Gasteiger partial charge in [-0.3, -0.25) is 0 Å². The van der Waals surface area contributed by atoms with Crippen LogP contribution in [-0.4, -0.2) is 11.9 Å². The van der Waals surface area contributed by atoms with Gasteiger partial charge in [-0.15, -0.1) is 0 Å². The number of benzene rings is 1. The number of hydrogen-bond acceptors (Lipinski definition) is 3. The van der Waals surface area contributed by atoms with Crippen molar-refractivity contribution in [3.05, 3.63) is 22.8 Å². The highest BCUT2D eigenvalue weighted by Crippen LogP contribution is 2.40. The van der Waals surface area contributed by atoms with E-state index in [-0.39, 0.29) is 6.79 Å². The molecule has 1 atom stereocenters. The smallest absolute Gasteiger partial charge is 0.231 e. The zero-order valence-corrected chi connectivity index (χ0v) is 8.63. The Kier molecular flexibility index (Phi) is 2.11. The molecule has 0 aromatic heterocycles. The van der Waals surface area contributed by atoms with Crippen molar-refractivity contribution in [2.24, 2.45) is 0 Å². The summed E-state index contributed by atoms with van der Waals surface area (Å²) in [4.78, 5) is 0. The third-order valence-corrected chi connectivity index (χ3v) is 2.71. The minimum absolute atomic E-state index is 0.277. The van der Waals surface area contributed by atoms with Crippen LogP contribution in [0.1, 0.15) is 29.7 Å². The van der Waals surface area contributed by atoms with E-state index in [2.05, 4.69) is 0 Å². The summed E-state index contributed by atoms with van der Waals surface area (Å²) in [6, 6.07) is 1.86. The normalized spacial score (nSPS) is 15.7. The monoisotopic (exact) mass is 194 g/mol. The second kappa shape index (κ2) is 3.17. The number of rotatable bonds is 1. The van der Waals surface area contributed by atoms with Crippen LogP contribution in [0.25, 0.3) is 0 Å². The van der Waals surface area contributed by atoms with Gasteiger partial charge in [0.25, 0.3) is 0 Å². The molecule has 1 N–H and O–H groups in total. The average molecular weight is 194 g/mol. The first-order valence-corrected chi connectivity index (χ1v) is 4.69. The van der Waals surface area contributed by atoms with Crippen LogP contribution < -0.4 is 9.47 Å². The molecule has 0 bridgehead atoms. The molecule has 1 aromatic carbocycles. The SMILES string of the molecule is Cc1c(C(C)O)cc2c(c1C)OCO2. The molecule has 1 aliphatic rings. The van der Waals surface area contributed by atoms with Crippen LogP contribution in [0.4, 0.5) is 0 Å². The van der Waals surface area contributed by atoms with Gasteiger partial charge < -0.3 is 14.6 Å². The van der Waals surface area contributed by atoms with Crippen molar-refractivity contribution in [3.8, 4) is 11.5 Å². The first-order valence-electron chi connectivity index (χ1n) is 4.69. The molecule has 0 fully saturated rings. The lowest BCUT2D eigenvalue weighted by Crippen LogP contribution is -1.97. The predicted molar refractivity (Wildman–Crippen MR) is 52.7 cm³/mol. The van der Waals surface area contributed by atoms with Crippen molar-refractivity contribution in [2.45, 2.75) is 26.9 Å². The summed E-state index contributed by atoms with van der Waals surface area (Å²) >= 11 is 0. The average Bonchev–Trinajstić information content (AvgIpc) is 2.58. The van der Waals surface area contributed by atoms with Gasteiger partial charge in [0.2, 0.25) is 6.79 Å². The molecule has 0 amide bonds. The maximum absolute atomic E-state index is 9.56. The Morgan fingerprint density at radius 3 is 2.64 bits per heavy atom. The lowest BCUT2D eigenvalue weighted by atomic mass is 9.98. The summed E-state index contributed by atoms with van der Waals surface area (Å²) in [5.41, 5.74) is 3.03. The second-order valence-corrected chi connectivity index (χ2v) is 3.63. The molecule has 1 heterocycles. The highest BCUT2D eigenvalue weighted by molar-refractivity contribution is 5.55. The molecule has 1 aromatic rings. The van der Waals surface area contributed by atoms with Gasteiger partial charge in [-0.05, 0) is 43.5 Å². The van der Waals surface area contributed by atoms with Crippen molar-refractivity contribution in [1.82, 2.24) is 0 Å². The molecule has 14 heavy (non-hydrogen) atoms. The minimum Gasteiger partial charge on any atom is -0.454 e. The number of ether oxygens (including phenoxy) is 2. The van der Waals surface area contributed by atoms with Crippen molar-refractivity contribution < 1.29 is 14.6 Å². The van der Waals surface area contributed by atoms with Crippen LogP contribution in [0.5, 0.6) is 11.5 Å². The van der Waals surface area contributed by atoms with Crippen LogP contribution in [0.2, 0.25) is 0 Å². The zero-order chi connectivity index (χ0) is 10.3. The Bertz CT molecular complexity index is 369. The number of hydrogen-bond donors (Lipinski definition) is 1. The molecule has 0 spiro atoms. The summed E-state index contributed by atoms with van der Waals surface area (Å²) in [6.07, 6.45) is -0.469. The molecule has 2 rings (SSSR count). The highest BCUT2D eigenvalue weighted by atomic mass is 16.7. The topological polar surface area (TPSA) is 38.7 Å². The lowest BCUT2D eigenvalue weighted by molar-refractivity contribution is 0.173. The fraction of sp³-hybridized carbons (Fsp3) is 0.455. The van der Waals surface area contributed by atoms with Crippen LogP contribution in [0.15, 0.2) is 6.07 Å². The van der Waals surface area contributed by atoms with Crippen LogP contribution >= 0.6 is 0 Å². The summed E-state index contributed by atoms with van der Waals surface area (Å²) in [5.74, 6) is 1.55. The Balaban J connectivity index is 2.61. The molecule has 0 saturated heterocycles. The first-order chi connectivity index (χ1) is 6.61. The van der Waals surface area contributed by atoms with Gasteiger partial charge in [-0.25, -0.2) is 0 Å². The quantitative estimate of drug-likeness (QED) is 0.744. The standard InChI is InChI=1S/C11H14O3/c1-6-7(2)11-10(13-5-14-11)4-9(6)8(3)12/h4,8,12H,5H2,1-3H3.